The van der Waals surface area contributed by atoms with E-state index in [0.29, 0.717) is 13.0 Å². The monoisotopic (exact) mass is 357 g/mol. The van der Waals surface area contributed by atoms with Gasteiger partial charge in [-0.1, -0.05) is 33.3 Å². The molecule has 0 fully saturated rings. The van der Waals surface area contributed by atoms with Gasteiger partial charge in [0, 0.05) is 16.5 Å². The van der Waals surface area contributed by atoms with Gasteiger partial charge in [0.15, 0.2) is 5.78 Å². The van der Waals surface area contributed by atoms with Crippen molar-refractivity contribution < 1.29 is 4.79 Å². The van der Waals surface area contributed by atoms with Gasteiger partial charge in [-0.15, -0.1) is 5.10 Å². The predicted molar refractivity (Wildman–Crippen MR) is 90.1 cm³/mol. The minimum Gasteiger partial charge on any atom is -0.294 e. The third-order valence-corrected chi connectivity index (χ3v) is 4.37. The number of hydrogen-bond donors (Lipinski definition) is 0. The second-order valence-electron chi connectivity index (χ2n) is 5.42. The highest BCUT2D eigenvalue weighted by molar-refractivity contribution is 9.10. The Balaban J connectivity index is 1.78. The normalized spacial score (nSPS) is 11.0. The van der Waals surface area contributed by atoms with Gasteiger partial charge in [-0.3, -0.25) is 4.79 Å². The molecule has 1 aromatic heterocycles. The third-order valence-electron chi connectivity index (χ3n) is 3.85. The topological polar surface area (TPSA) is 47.8 Å². The van der Waals surface area contributed by atoms with Crippen molar-refractivity contribution in [1.82, 2.24) is 15.0 Å². The van der Waals surface area contributed by atoms with E-state index in [1.165, 1.54) is 11.1 Å². The van der Waals surface area contributed by atoms with Crippen LogP contribution in [0.5, 0.6) is 0 Å². The molecule has 3 rings (SSSR count). The van der Waals surface area contributed by atoms with Crippen LogP contribution in [0, 0.1) is 13.8 Å². The maximum absolute atomic E-state index is 12.2. The Bertz CT molecular complexity index is 837. The van der Waals surface area contributed by atoms with Crippen LogP contribution < -0.4 is 0 Å². The van der Waals surface area contributed by atoms with Gasteiger partial charge in [0.05, 0.1) is 12.1 Å². The highest BCUT2D eigenvalue weighted by Gasteiger charge is 2.10. The molecule has 0 saturated heterocycles. The van der Waals surface area contributed by atoms with E-state index in [1.807, 2.05) is 30.3 Å². The number of benzene rings is 2. The summed E-state index contributed by atoms with van der Waals surface area (Å²) in [5.74, 6) is 0.111. The van der Waals surface area contributed by atoms with Gasteiger partial charge >= 0.3 is 0 Å². The van der Waals surface area contributed by atoms with Crippen LogP contribution >= 0.6 is 15.9 Å². The molecule has 0 aliphatic heterocycles. The van der Waals surface area contributed by atoms with E-state index >= 15 is 0 Å². The Morgan fingerprint density at radius 3 is 2.55 bits per heavy atom. The van der Waals surface area contributed by atoms with E-state index < -0.39 is 0 Å². The molecule has 5 heteroatoms. The van der Waals surface area contributed by atoms with Gasteiger partial charge in [0.1, 0.15) is 5.52 Å². The SMILES string of the molecule is Cc1cc2nnn(CCC(=O)c3ccc(Br)cc3)c2cc1C. The van der Waals surface area contributed by atoms with E-state index in [-0.39, 0.29) is 5.78 Å². The van der Waals surface area contributed by atoms with Gasteiger partial charge in [0.2, 0.25) is 0 Å². The van der Waals surface area contributed by atoms with Crippen molar-refractivity contribution in [2.45, 2.75) is 26.8 Å². The first-order valence-corrected chi connectivity index (χ1v) is 7.93. The van der Waals surface area contributed by atoms with E-state index in [1.54, 1.807) is 4.68 Å². The molecule has 0 amide bonds. The molecule has 0 radical (unpaired) electrons. The lowest BCUT2D eigenvalue weighted by molar-refractivity contribution is 0.0976. The largest absolute Gasteiger partial charge is 0.294 e. The number of carbonyl (C=O) groups is 1. The van der Waals surface area contributed by atoms with E-state index in [2.05, 4.69) is 46.2 Å². The van der Waals surface area contributed by atoms with Gasteiger partial charge in [-0.05, 0) is 49.2 Å². The molecule has 1 heterocycles. The lowest BCUT2D eigenvalue weighted by atomic mass is 10.1. The quantitative estimate of drug-likeness (QED) is 0.660. The highest BCUT2D eigenvalue weighted by Crippen LogP contribution is 2.18. The zero-order valence-corrected chi connectivity index (χ0v) is 14.1. The molecule has 112 valence electrons. The van der Waals surface area contributed by atoms with Crippen molar-refractivity contribution in [3.05, 3.63) is 57.6 Å². The molecule has 22 heavy (non-hydrogen) atoms. The van der Waals surface area contributed by atoms with Crippen molar-refractivity contribution >= 4 is 32.7 Å². The summed E-state index contributed by atoms with van der Waals surface area (Å²) in [6, 6.07) is 11.5. The zero-order valence-electron chi connectivity index (χ0n) is 12.5. The first-order valence-electron chi connectivity index (χ1n) is 7.14. The van der Waals surface area contributed by atoms with Gasteiger partial charge in [-0.2, -0.15) is 0 Å². The molecule has 0 saturated carbocycles. The number of aromatic nitrogens is 3. The Labute approximate surface area is 137 Å². The molecule has 0 unspecified atom stereocenters. The summed E-state index contributed by atoms with van der Waals surface area (Å²) in [7, 11) is 0. The second-order valence-corrected chi connectivity index (χ2v) is 6.33. The Kier molecular flexibility index (Phi) is 4.07. The maximum Gasteiger partial charge on any atom is 0.164 e. The molecule has 4 nitrogen and oxygen atoms in total. The predicted octanol–water partition coefficient (Wildman–Crippen LogP) is 4.08. The molecule has 0 spiro atoms. The maximum atomic E-state index is 12.2. The number of hydrogen-bond acceptors (Lipinski definition) is 3. The summed E-state index contributed by atoms with van der Waals surface area (Å²) in [5.41, 5.74) is 4.98. The van der Waals surface area contributed by atoms with Gasteiger partial charge in [-0.25, -0.2) is 4.68 Å². The van der Waals surface area contributed by atoms with Crippen LogP contribution in [0.1, 0.15) is 27.9 Å². The standard InChI is InChI=1S/C17H16BrN3O/c1-11-9-15-16(10-12(11)2)21(20-19-15)8-7-17(22)13-3-5-14(18)6-4-13/h3-6,9-10H,7-8H2,1-2H3. The number of halogens is 1. The zero-order chi connectivity index (χ0) is 15.7. The summed E-state index contributed by atoms with van der Waals surface area (Å²) in [6.45, 7) is 4.66. The minimum atomic E-state index is 0.111. The first kappa shape index (κ1) is 14.9. The molecule has 0 bridgehead atoms. The second kappa shape index (κ2) is 6.01. The lowest BCUT2D eigenvalue weighted by Gasteiger charge is -2.04. The lowest BCUT2D eigenvalue weighted by Crippen LogP contribution is -2.07. The molecule has 0 N–H and O–H groups in total. The highest BCUT2D eigenvalue weighted by atomic mass is 79.9. The smallest absolute Gasteiger partial charge is 0.164 e. The molecule has 0 aliphatic rings. The van der Waals surface area contributed by atoms with Crippen molar-refractivity contribution in [3.63, 3.8) is 0 Å². The summed E-state index contributed by atoms with van der Waals surface area (Å²) in [5, 5.41) is 8.34. The number of rotatable bonds is 4. The van der Waals surface area contributed by atoms with Crippen molar-refractivity contribution in [3.8, 4) is 0 Å². The number of aryl methyl sites for hydroxylation is 3. The van der Waals surface area contributed by atoms with Crippen LogP contribution in [0.3, 0.4) is 0 Å². The molecular weight excluding hydrogens is 342 g/mol. The summed E-state index contributed by atoms with van der Waals surface area (Å²) < 4.78 is 2.77. The van der Waals surface area contributed by atoms with Crippen molar-refractivity contribution in [2.24, 2.45) is 0 Å². The third kappa shape index (κ3) is 2.95. The average molecular weight is 358 g/mol. The molecule has 3 aromatic rings. The minimum absolute atomic E-state index is 0.111. The number of carbonyl (C=O) groups excluding carboxylic acids is 1. The average Bonchev–Trinajstić information content (AvgIpc) is 2.88. The van der Waals surface area contributed by atoms with E-state index in [4.69, 9.17) is 0 Å². The van der Waals surface area contributed by atoms with Gasteiger partial charge < -0.3 is 0 Å². The van der Waals surface area contributed by atoms with Crippen LogP contribution in [0.15, 0.2) is 40.9 Å². The van der Waals surface area contributed by atoms with Gasteiger partial charge in [0.25, 0.3) is 0 Å². The van der Waals surface area contributed by atoms with Crippen LogP contribution in [0.2, 0.25) is 0 Å². The molecular formula is C17H16BrN3O. The summed E-state index contributed by atoms with van der Waals surface area (Å²) in [6.07, 6.45) is 0.410. The number of ketones is 1. The fraction of sp³-hybridized carbons (Fsp3) is 0.235. The summed E-state index contributed by atoms with van der Waals surface area (Å²) in [4.78, 5) is 12.2. The Morgan fingerprint density at radius 1 is 1.14 bits per heavy atom. The fourth-order valence-electron chi connectivity index (χ4n) is 2.38. The first-order chi connectivity index (χ1) is 10.5. The van der Waals surface area contributed by atoms with Crippen LogP contribution in [0.4, 0.5) is 0 Å². The number of nitrogens with zero attached hydrogens (tertiary/aromatic N) is 3. The fourth-order valence-corrected chi connectivity index (χ4v) is 2.64. The number of Topliss-reactive ketones (excluding diaryl/α,β-unsaturated/α-hetero) is 1. The Hall–Kier alpha value is -2.01. The summed E-state index contributed by atoms with van der Waals surface area (Å²) >= 11 is 3.37. The number of fused-ring (bicyclic) bond motifs is 1. The molecule has 2 aromatic carbocycles. The van der Waals surface area contributed by atoms with Crippen molar-refractivity contribution in [1.29, 1.82) is 0 Å². The van der Waals surface area contributed by atoms with Crippen LogP contribution in [-0.2, 0) is 6.54 Å². The molecule has 0 aliphatic carbocycles. The molecule has 0 atom stereocenters. The van der Waals surface area contributed by atoms with Crippen LogP contribution in [0.25, 0.3) is 11.0 Å². The Morgan fingerprint density at radius 2 is 1.82 bits per heavy atom. The van der Waals surface area contributed by atoms with Crippen LogP contribution in [-0.4, -0.2) is 20.8 Å². The van der Waals surface area contributed by atoms with E-state index in [0.717, 1.165) is 21.1 Å². The van der Waals surface area contributed by atoms with Crippen molar-refractivity contribution in [2.75, 3.05) is 0 Å². The van der Waals surface area contributed by atoms with E-state index in [9.17, 15) is 4.79 Å².